The number of aromatic nitrogens is 3. The van der Waals surface area contributed by atoms with Crippen molar-refractivity contribution in [3.05, 3.63) is 54.5 Å². The second-order valence-corrected chi connectivity index (χ2v) is 7.32. The predicted molar refractivity (Wildman–Crippen MR) is 108 cm³/mol. The molecular weight excluding hydrogens is 336 g/mol. The minimum Gasteiger partial charge on any atom is -0.355 e. The number of para-hydroxylation sites is 1. The Morgan fingerprint density at radius 3 is 2.74 bits per heavy atom. The molecule has 0 aliphatic carbocycles. The molecule has 6 nitrogen and oxygen atoms in total. The van der Waals surface area contributed by atoms with Gasteiger partial charge in [-0.25, -0.2) is 9.97 Å². The second kappa shape index (κ2) is 7.12. The van der Waals surface area contributed by atoms with Gasteiger partial charge in [-0.05, 0) is 31.2 Å². The van der Waals surface area contributed by atoms with Gasteiger partial charge in [-0.15, -0.1) is 0 Å². The summed E-state index contributed by atoms with van der Waals surface area (Å²) in [4.78, 5) is 18.9. The first-order valence-corrected chi connectivity index (χ1v) is 9.76. The van der Waals surface area contributed by atoms with E-state index < -0.39 is 0 Å². The van der Waals surface area contributed by atoms with Crippen LogP contribution in [0.1, 0.15) is 18.0 Å². The van der Waals surface area contributed by atoms with Crippen molar-refractivity contribution in [2.45, 2.75) is 12.3 Å². The van der Waals surface area contributed by atoms with Gasteiger partial charge in [-0.2, -0.15) is 0 Å². The van der Waals surface area contributed by atoms with Crippen LogP contribution in [0.15, 0.2) is 48.8 Å². The monoisotopic (exact) mass is 360 g/mol. The Labute approximate surface area is 159 Å². The van der Waals surface area contributed by atoms with Gasteiger partial charge in [0.25, 0.3) is 0 Å². The number of nitrogens with zero attached hydrogens (tertiary/aromatic N) is 5. The number of rotatable bonds is 3. The first kappa shape index (κ1) is 16.4. The summed E-state index contributed by atoms with van der Waals surface area (Å²) in [6.45, 7) is 6.02. The van der Waals surface area contributed by atoms with Crippen LogP contribution in [0.2, 0.25) is 0 Å². The number of nitrogens with one attached hydrogen (secondary N) is 1. The van der Waals surface area contributed by atoms with E-state index in [1.54, 1.807) is 0 Å². The summed E-state index contributed by atoms with van der Waals surface area (Å²) in [6, 6.07) is 12.5. The van der Waals surface area contributed by atoms with Crippen LogP contribution in [-0.4, -0.2) is 54.2 Å². The molecule has 0 unspecified atom stereocenters. The maximum absolute atomic E-state index is 4.82. The topological polar surface area (TPSA) is 57.2 Å². The Balaban J connectivity index is 1.34. The highest BCUT2D eigenvalue weighted by molar-refractivity contribution is 5.80. The van der Waals surface area contributed by atoms with Crippen molar-refractivity contribution in [2.75, 3.05) is 49.1 Å². The molecule has 5 rings (SSSR count). The standard InChI is InChI=1S/C21H24N6/c1-2-5-18-16(4-1)6-7-19(25-18)27-14-17(15-27)20-21(24-10-9-23-20)26-12-3-8-22-11-13-26/h1-2,4-7,9-10,17,22H,3,8,11-15H2. The summed E-state index contributed by atoms with van der Waals surface area (Å²) in [7, 11) is 0. The highest BCUT2D eigenvalue weighted by Crippen LogP contribution is 2.34. The molecule has 0 radical (unpaired) electrons. The second-order valence-electron chi connectivity index (χ2n) is 7.32. The largest absolute Gasteiger partial charge is 0.355 e. The molecule has 3 aromatic rings. The van der Waals surface area contributed by atoms with Gasteiger partial charge < -0.3 is 15.1 Å². The third-order valence-corrected chi connectivity index (χ3v) is 5.52. The molecule has 6 heteroatoms. The number of hydrogen-bond donors (Lipinski definition) is 1. The minimum absolute atomic E-state index is 0.415. The van der Waals surface area contributed by atoms with Crippen LogP contribution in [0, 0.1) is 0 Å². The van der Waals surface area contributed by atoms with Crippen molar-refractivity contribution < 1.29 is 0 Å². The Kier molecular flexibility index (Phi) is 4.33. The average Bonchev–Trinajstić information content (AvgIpc) is 2.97. The van der Waals surface area contributed by atoms with Crippen molar-refractivity contribution in [3.63, 3.8) is 0 Å². The lowest BCUT2D eigenvalue weighted by atomic mass is 9.95. The molecule has 0 spiro atoms. The maximum Gasteiger partial charge on any atom is 0.150 e. The molecule has 2 aliphatic rings. The fourth-order valence-electron chi connectivity index (χ4n) is 4.00. The molecule has 138 valence electrons. The maximum atomic E-state index is 4.82. The van der Waals surface area contributed by atoms with Crippen LogP contribution < -0.4 is 15.1 Å². The van der Waals surface area contributed by atoms with Gasteiger partial charge >= 0.3 is 0 Å². The average molecular weight is 360 g/mol. The van der Waals surface area contributed by atoms with Crippen molar-refractivity contribution >= 4 is 22.5 Å². The zero-order chi connectivity index (χ0) is 18.1. The molecule has 2 aromatic heterocycles. The van der Waals surface area contributed by atoms with E-state index in [0.717, 1.165) is 68.5 Å². The zero-order valence-corrected chi connectivity index (χ0v) is 15.4. The van der Waals surface area contributed by atoms with E-state index in [1.165, 1.54) is 5.39 Å². The molecule has 1 N–H and O–H groups in total. The summed E-state index contributed by atoms with van der Waals surface area (Å²) >= 11 is 0. The smallest absolute Gasteiger partial charge is 0.150 e. The van der Waals surface area contributed by atoms with Crippen molar-refractivity contribution in [2.24, 2.45) is 0 Å². The van der Waals surface area contributed by atoms with Crippen LogP contribution in [-0.2, 0) is 0 Å². The molecule has 1 aromatic carbocycles. The molecule has 2 saturated heterocycles. The first-order valence-electron chi connectivity index (χ1n) is 9.76. The van der Waals surface area contributed by atoms with E-state index in [2.05, 4.69) is 50.4 Å². The third-order valence-electron chi connectivity index (χ3n) is 5.52. The Bertz CT molecular complexity index is 929. The molecule has 27 heavy (non-hydrogen) atoms. The lowest BCUT2D eigenvalue weighted by Gasteiger charge is -2.41. The molecule has 0 bridgehead atoms. The highest BCUT2D eigenvalue weighted by Gasteiger charge is 2.33. The molecular formula is C21H24N6. The normalized spacial score (nSPS) is 18.4. The Morgan fingerprint density at radius 2 is 1.78 bits per heavy atom. The molecule has 0 atom stereocenters. The number of fused-ring (bicyclic) bond motifs is 1. The van der Waals surface area contributed by atoms with E-state index in [-0.39, 0.29) is 0 Å². The quantitative estimate of drug-likeness (QED) is 0.774. The van der Waals surface area contributed by atoms with E-state index in [0.29, 0.717) is 5.92 Å². The van der Waals surface area contributed by atoms with E-state index in [1.807, 2.05) is 18.5 Å². The van der Waals surface area contributed by atoms with Gasteiger partial charge in [-0.3, -0.25) is 4.98 Å². The van der Waals surface area contributed by atoms with E-state index in [4.69, 9.17) is 9.97 Å². The Hall–Kier alpha value is -2.73. The van der Waals surface area contributed by atoms with Crippen molar-refractivity contribution in [3.8, 4) is 0 Å². The number of pyridine rings is 1. The van der Waals surface area contributed by atoms with Crippen LogP contribution in [0.25, 0.3) is 10.9 Å². The summed E-state index contributed by atoms with van der Waals surface area (Å²) in [5, 5.41) is 4.64. The number of anilines is 2. The van der Waals surface area contributed by atoms with Crippen LogP contribution in [0.5, 0.6) is 0 Å². The van der Waals surface area contributed by atoms with Crippen molar-refractivity contribution in [1.82, 2.24) is 20.3 Å². The highest BCUT2D eigenvalue weighted by atomic mass is 15.3. The predicted octanol–water partition coefficient (Wildman–Crippen LogP) is 2.43. The molecule has 0 amide bonds. The molecule has 2 aliphatic heterocycles. The SMILES string of the molecule is c1ccc2nc(N3CC(c4nccnc4N4CCCNCC4)C3)ccc2c1. The van der Waals surface area contributed by atoms with Gasteiger partial charge in [0.05, 0.1) is 11.2 Å². The Morgan fingerprint density at radius 1 is 0.889 bits per heavy atom. The minimum atomic E-state index is 0.415. The summed E-state index contributed by atoms with van der Waals surface area (Å²) in [5.74, 6) is 2.53. The summed E-state index contributed by atoms with van der Waals surface area (Å²) in [5.41, 5.74) is 2.19. The lowest BCUT2D eigenvalue weighted by molar-refractivity contribution is 0.506. The van der Waals surface area contributed by atoms with Gasteiger partial charge in [0, 0.05) is 56.4 Å². The van der Waals surface area contributed by atoms with Gasteiger partial charge in [-0.1, -0.05) is 18.2 Å². The number of hydrogen-bond acceptors (Lipinski definition) is 6. The number of benzene rings is 1. The third kappa shape index (κ3) is 3.21. The van der Waals surface area contributed by atoms with Crippen molar-refractivity contribution in [1.29, 1.82) is 0 Å². The zero-order valence-electron chi connectivity index (χ0n) is 15.4. The van der Waals surface area contributed by atoms with Crippen LogP contribution in [0.4, 0.5) is 11.6 Å². The van der Waals surface area contributed by atoms with Crippen LogP contribution in [0.3, 0.4) is 0 Å². The molecule has 0 saturated carbocycles. The summed E-state index contributed by atoms with van der Waals surface area (Å²) in [6.07, 6.45) is 4.79. The lowest BCUT2D eigenvalue weighted by Crippen LogP contribution is -2.46. The molecule has 4 heterocycles. The van der Waals surface area contributed by atoms with Gasteiger partial charge in [0.2, 0.25) is 0 Å². The van der Waals surface area contributed by atoms with Crippen LogP contribution >= 0.6 is 0 Å². The van der Waals surface area contributed by atoms with E-state index in [9.17, 15) is 0 Å². The molecule has 2 fully saturated rings. The fraction of sp³-hybridized carbons (Fsp3) is 0.381. The summed E-state index contributed by atoms with van der Waals surface area (Å²) < 4.78 is 0. The first-order chi connectivity index (χ1) is 13.4. The van der Waals surface area contributed by atoms with Gasteiger partial charge in [0.15, 0.2) is 5.82 Å². The fourth-order valence-corrected chi connectivity index (χ4v) is 4.00. The van der Waals surface area contributed by atoms with Gasteiger partial charge in [0.1, 0.15) is 5.82 Å². The van der Waals surface area contributed by atoms with E-state index >= 15 is 0 Å².